The standard InChI is InChI=1S/C45H32N6/c1-4-16-34(17-5-1)49-40-25-13-10-22-37(40)46-43(49)31-28-32(44-47-38-23-11-14-26-41(38)50(44)35-18-6-2-7-19-35)30-33(29-31)45-48-39-24-12-15-27-42(39)51(45)36-20-8-3-9-21-36/h1-30,40,43H. The minimum Gasteiger partial charge on any atom is -0.334 e. The summed E-state index contributed by atoms with van der Waals surface area (Å²) in [5.41, 5.74) is 11.3. The fourth-order valence-electron chi connectivity index (χ4n) is 7.54. The number of allylic oxidation sites excluding steroid dienone is 2. The molecular weight excluding hydrogens is 625 g/mol. The van der Waals surface area contributed by atoms with Crippen molar-refractivity contribution >= 4 is 33.5 Å². The zero-order valence-corrected chi connectivity index (χ0v) is 27.7. The molecular formula is C45H32N6. The molecule has 1 aliphatic carbocycles. The summed E-state index contributed by atoms with van der Waals surface area (Å²) in [5.74, 6) is 1.73. The van der Waals surface area contributed by atoms with Crippen molar-refractivity contribution in [2.75, 3.05) is 4.90 Å². The molecule has 2 unspecified atom stereocenters. The monoisotopic (exact) mass is 656 g/mol. The van der Waals surface area contributed by atoms with Crippen LogP contribution < -0.4 is 4.90 Å². The molecule has 0 bridgehead atoms. The molecule has 3 heterocycles. The molecule has 6 nitrogen and oxygen atoms in total. The zero-order chi connectivity index (χ0) is 33.7. The molecule has 2 aromatic heterocycles. The third kappa shape index (κ3) is 4.91. The Morgan fingerprint density at radius 3 is 1.51 bits per heavy atom. The fraction of sp³-hybridized carbons (Fsp3) is 0.0444. The number of aliphatic imine (C=N–C) groups is 1. The molecule has 0 amide bonds. The Hall–Kier alpha value is -6.79. The number of rotatable bonds is 6. The Balaban J connectivity index is 1.26. The Kier molecular flexibility index (Phi) is 6.84. The number of benzene rings is 6. The second-order valence-electron chi connectivity index (χ2n) is 12.9. The van der Waals surface area contributed by atoms with Gasteiger partial charge in [-0.15, -0.1) is 0 Å². The van der Waals surface area contributed by atoms with Gasteiger partial charge in [-0.2, -0.15) is 0 Å². The first kappa shape index (κ1) is 29.2. The van der Waals surface area contributed by atoms with Crippen molar-refractivity contribution in [2.45, 2.75) is 12.2 Å². The van der Waals surface area contributed by atoms with Crippen LogP contribution in [0.2, 0.25) is 0 Å². The molecule has 2 atom stereocenters. The summed E-state index contributed by atoms with van der Waals surface area (Å²) < 4.78 is 4.53. The summed E-state index contributed by atoms with van der Waals surface area (Å²) in [6, 6.07) is 55.1. The van der Waals surface area contributed by atoms with Gasteiger partial charge >= 0.3 is 0 Å². The summed E-state index contributed by atoms with van der Waals surface area (Å²) in [5, 5.41) is 0. The van der Waals surface area contributed by atoms with Crippen LogP contribution in [-0.2, 0) is 0 Å². The topological polar surface area (TPSA) is 51.2 Å². The highest BCUT2D eigenvalue weighted by Crippen LogP contribution is 2.42. The number of fused-ring (bicyclic) bond motifs is 3. The lowest BCUT2D eigenvalue weighted by Crippen LogP contribution is -2.35. The minimum absolute atomic E-state index is 0.0253. The first-order chi connectivity index (χ1) is 25.3. The quantitative estimate of drug-likeness (QED) is 0.179. The number of nitrogens with zero attached hydrogens (tertiary/aromatic N) is 6. The van der Waals surface area contributed by atoms with E-state index in [2.05, 4.69) is 184 Å². The van der Waals surface area contributed by atoms with E-state index in [0.717, 1.165) is 73.2 Å². The van der Waals surface area contributed by atoms with Crippen molar-refractivity contribution in [3.63, 3.8) is 0 Å². The lowest BCUT2D eigenvalue weighted by atomic mass is 10.0. The maximum atomic E-state index is 5.40. The molecule has 6 aromatic carbocycles. The Morgan fingerprint density at radius 1 is 0.471 bits per heavy atom. The van der Waals surface area contributed by atoms with E-state index in [4.69, 9.17) is 15.0 Å². The van der Waals surface area contributed by atoms with Gasteiger partial charge in [0.05, 0.1) is 33.8 Å². The van der Waals surface area contributed by atoms with E-state index in [1.54, 1.807) is 0 Å². The van der Waals surface area contributed by atoms with E-state index in [1.165, 1.54) is 0 Å². The number of imidazole rings is 2. The predicted octanol–water partition coefficient (Wildman–Crippen LogP) is 10.2. The van der Waals surface area contributed by atoms with Gasteiger partial charge in [0.25, 0.3) is 0 Å². The molecule has 6 heteroatoms. The molecule has 0 saturated carbocycles. The SMILES string of the molecule is C1=CC2=NC(c3cc(-c4nc5ccccc5n4-c4ccccc4)cc(-c4nc5ccccc5n4-c4ccccc4)c3)N(c3ccccc3)C2C=C1. The van der Waals surface area contributed by atoms with Gasteiger partial charge in [0.1, 0.15) is 17.8 Å². The van der Waals surface area contributed by atoms with Crippen LogP contribution in [0.5, 0.6) is 0 Å². The number of aromatic nitrogens is 4. The number of hydrogen-bond donors (Lipinski definition) is 0. The van der Waals surface area contributed by atoms with E-state index in [-0.39, 0.29) is 12.2 Å². The molecule has 8 aromatic rings. The summed E-state index contributed by atoms with van der Waals surface area (Å²) in [6.07, 6.45) is 8.29. The maximum absolute atomic E-state index is 5.40. The molecule has 0 N–H and O–H groups in total. The van der Waals surface area contributed by atoms with E-state index in [0.29, 0.717) is 0 Å². The largest absolute Gasteiger partial charge is 0.334 e. The Labute approximate surface area is 295 Å². The Morgan fingerprint density at radius 2 is 0.961 bits per heavy atom. The van der Waals surface area contributed by atoms with E-state index in [1.807, 2.05) is 12.1 Å². The highest BCUT2D eigenvalue weighted by Gasteiger charge is 2.36. The highest BCUT2D eigenvalue weighted by molar-refractivity contribution is 6.06. The zero-order valence-electron chi connectivity index (χ0n) is 27.7. The van der Waals surface area contributed by atoms with Crippen LogP contribution in [0.25, 0.3) is 56.2 Å². The maximum Gasteiger partial charge on any atom is 0.148 e. The minimum atomic E-state index is -0.275. The molecule has 0 saturated heterocycles. The van der Waals surface area contributed by atoms with Gasteiger partial charge in [-0.25, -0.2) is 9.97 Å². The average Bonchev–Trinajstić information content (AvgIpc) is 3.91. The van der Waals surface area contributed by atoms with Crippen LogP contribution >= 0.6 is 0 Å². The van der Waals surface area contributed by atoms with Gasteiger partial charge < -0.3 is 4.90 Å². The van der Waals surface area contributed by atoms with Gasteiger partial charge in [-0.1, -0.05) is 97.1 Å². The van der Waals surface area contributed by atoms with Gasteiger partial charge in [-0.05, 0) is 90.5 Å². The van der Waals surface area contributed by atoms with Crippen molar-refractivity contribution in [3.05, 3.63) is 188 Å². The first-order valence-corrected chi connectivity index (χ1v) is 17.3. The van der Waals surface area contributed by atoms with E-state index < -0.39 is 0 Å². The highest BCUT2D eigenvalue weighted by atomic mass is 15.3. The molecule has 51 heavy (non-hydrogen) atoms. The first-order valence-electron chi connectivity index (χ1n) is 17.3. The lowest BCUT2D eigenvalue weighted by Gasteiger charge is -2.31. The molecule has 0 spiro atoms. The molecule has 0 fully saturated rings. The van der Waals surface area contributed by atoms with Gasteiger partial charge in [-0.3, -0.25) is 14.1 Å². The molecule has 0 radical (unpaired) electrons. The van der Waals surface area contributed by atoms with Crippen molar-refractivity contribution in [1.82, 2.24) is 19.1 Å². The van der Waals surface area contributed by atoms with Crippen molar-refractivity contribution in [2.24, 2.45) is 4.99 Å². The number of para-hydroxylation sites is 7. The summed E-state index contributed by atoms with van der Waals surface area (Å²) in [6.45, 7) is 0. The summed E-state index contributed by atoms with van der Waals surface area (Å²) in [4.78, 5) is 18.4. The van der Waals surface area contributed by atoms with Crippen molar-refractivity contribution in [1.29, 1.82) is 0 Å². The van der Waals surface area contributed by atoms with Crippen LogP contribution in [0.15, 0.2) is 187 Å². The summed E-state index contributed by atoms with van der Waals surface area (Å²) >= 11 is 0. The molecule has 1 aliphatic heterocycles. The molecule has 10 rings (SSSR count). The van der Waals surface area contributed by atoms with E-state index in [9.17, 15) is 0 Å². The normalized spacial score (nSPS) is 16.5. The van der Waals surface area contributed by atoms with Gasteiger partial charge in [0, 0.05) is 28.2 Å². The fourth-order valence-corrected chi connectivity index (χ4v) is 7.54. The predicted molar refractivity (Wildman–Crippen MR) is 208 cm³/mol. The second kappa shape index (κ2) is 12.0. The van der Waals surface area contributed by atoms with Crippen LogP contribution in [-0.4, -0.2) is 30.9 Å². The van der Waals surface area contributed by atoms with Crippen molar-refractivity contribution in [3.8, 4) is 34.2 Å². The lowest BCUT2D eigenvalue weighted by molar-refractivity contribution is 0.696. The van der Waals surface area contributed by atoms with E-state index >= 15 is 0 Å². The van der Waals surface area contributed by atoms with Crippen LogP contribution in [0.4, 0.5) is 5.69 Å². The van der Waals surface area contributed by atoms with Gasteiger partial charge in [0.15, 0.2) is 0 Å². The smallest absolute Gasteiger partial charge is 0.148 e. The molecule has 242 valence electrons. The number of anilines is 1. The van der Waals surface area contributed by atoms with Crippen molar-refractivity contribution < 1.29 is 0 Å². The second-order valence-corrected chi connectivity index (χ2v) is 12.9. The summed E-state index contributed by atoms with van der Waals surface area (Å²) in [7, 11) is 0. The average molecular weight is 657 g/mol. The van der Waals surface area contributed by atoms with Crippen LogP contribution in [0, 0.1) is 0 Å². The van der Waals surface area contributed by atoms with Crippen LogP contribution in [0.3, 0.4) is 0 Å². The third-order valence-corrected chi connectivity index (χ3v) is 9.78. The van der Waals surface area contributed by atoms with Gasteiger partial charge in [0.2, 0.25) is 0 Å². The molecule has 2 aliphatic rings. The Bertz CT molecular complexity index is 2510. The number of hydrogen-bond acceptors (Lipinski definition) is 4. The third-order valence-electron chi connectivity index (χ3n) is 9.78. The van der Waals surface area contributed by atoms with Crippen LogP contribution in [0.1, 0.15) is 11.7 Å².